The summed E-state index contributed by atoms with van der Waals surface area (Å²) in [5, 5.41) is 11.8. The van der Waals surface area contributed by atoms with Crippen LogP contribution in [0.15, 0.2) is 72.9 Å². The Bertz CT molecular complexity index is 1540. The molecule has 0 aromatic heterocycles. The summed E-state index contributed by atoms with van der Waals surface area (Å²) in [6.07, 6.45) is 78.3. The van der Waals surface area contributed by atoms with Crippen molar-refractivity contribution in [3.05, 3.63) is 72.9 Å². The lowest BCUT2D eigenvalue weighted by atomic mass is 10.0. The Balaban J connectivity index is 4.15. The average molecular weight is 1120 g/mol. The van der Waals surface area contributed by atoms with E-state index in [1.807, 2.05) is 21.1 Å². The van der Waals surface area contributed by atoms with Gasteiger partial charge in [-0.1, -0.05) is 299 Å². The minimum atomic E-state index is -1.63. The molecule has 0 fully saturated rings. The van der Waals surface area contributed by atoms with E-state index in [2.05, 4.69) is 86.8 Å². The van der Waals surface area contributed by atoms with Crippen LogP contribution in [0.1, 0.15) is 303 Å². The number of esters is 2. The number of carboxylic acids is 1. The zero-order valence-electron chi connectivity index (χ0n) is 52.9. The number of carbonyl (C=O) groups excluding carboxylic acids is 3. The molecule has 0 aromatic rings. The summed E-state index contributed by atoms with van der Waals surface area (Å²) in [5.41, 5.74) is 0. The first-order valence-corrected chi connectivity index (χ1v) is 33.6. The minimum Gasteiger partial charge on any atom is -0.545 e. The summed E-state index contributed by atoms with van der Waals surface area (Å²) in [6.45, 7) is 4.66. The molecule has 0 rings (SSSR count). The van der Waals surface area contributed by atoms with Crippen molar-refractivity contribution in [1.29, 1.82) is 0 Å². The molecule has 0 aliphatic carbocycles. The van der Waals surface area contributed by atoms with Gasteiger partial charge in [-0.05, 0) is 64.2 Å². The van der Waals surface area contributed by atoms with Crippen molar-refractivity contribution in [2.45, 2.75) is 315 Å². The maximum atomic E-state index is 12.9. The highest BCUT2D eigenvalue weighted by molar-refractivity contribution is 5.70. The van der Waals surface area contributed by atoms with E-state index in [0.717, 1.165) is 83.5 Å². The fraction of sp³-hybridized carbons (Fsp3) is 0.789. The number of aliphatic carboxylic acids is 1. The summed E-state index contributed by atoms with van der Waals surface area (Å²) in [5.74, 6) is -2.28. The largest absolute Gasteiger partial charge is 0.545 e. The first-order chi connectivity index (χ1) is 39.1. The van der Waals surface area contributed by atoms with Gasteiger partial charge in [-0.2, -0.15) is 0 Å². The van der Waals surface area contributed by atoms with Gasteiger partial charge in [0.1, 0.15) is 13.2 Å². The van der Waals surface area contributed by atoms with Gasteiger partial charge in [-0.3, -0.25) is 9.59 Å². The van der Waals surface area contributed by atoms with E-state index in [-0.39, 0.29) is 32.2 Å². The molecule has 0 saturated carbocycles. The van der Waals surface area contributed by atoms with Crippen LogP contribution < -0.4 is 5.11 Å². The lowest BCUT2D eigenvalue weighted by molar-refractivity contribution is -0.870. The number of carboxylic acid groups (broad SMARTS) is 1. The van der Waals surface area contributed by atoms with Gasteiger partial charge < -0.3 is 33.3 Å². The molecular weight excluding hydrogens is 995 g/mol. The van der Waals surface area contributed by atoms with E-state index >= 15 is 0 Å². The fourth-order valence-corrected chi connectivity index (χ4v) is 9.60. The molecule has 0 spiro atoms. The SMILES string of the molecule is CC/C=C\C/C=C\C/C=C\C/C=C\C/C=C\C/C=C\CCCCCCCCCCC(=O)OC(COC(=O)CCCCCCCCCCCCCCCCCCCCCCCCCCCCCC)COC(OCC[N+](C)(C)C)C(=O)[O-]. The number of rotatable bonds is 62. The van der Waals surface area contributed by atoms with Crippen LogP contribution >= 0.6 is 0 Å². The number of hydrogen-bond acceptors (Lipinski definition) is 8. The van der Waals surface area contributed by atoms with Crippen molar-refractivity contribution in [3.8, 4) is 0 Å². The number of quaternary nitrogens is 1. The predicted molar refractivity (Wildman–Crippen MR) is 338 cm³/mol. The zero-order chi connectivity index (χ0) is 58.3. The van der Waals surface area contributed by atoms with E-state index in [0.29, 0.717) is 23.9 Å². The molecule has 0 radical (unpaired) electrons. The summed E-state index contributed by atoms with van der Waals surface area (Å²) in [6, 6.07) is 0. The van der Waals surface area contributed by atoms with Crippen LogP contribution in [-0.2, 0) is 33.3 Å². The van der Waals surface area contributed by atoms with Gasteiger partial charge >= 0.3 is 11.9 Å². The Hall–Kier alpha value is -3.27. The third-order valence-electron chi connectivity index (χ3n) is 14.7. The minimum absolute atomic E-state index is 0.144. The monoisotopic (exact) mass is 1120 g/mol. The molecule has 2 unspecified atom stereocenters. The maximum absolute atomic E-state index is 12.9. The molecule has 0 N–H and O–H groups in total. The second-order valence-corrected chi connectivity index (χ2v) is 23.7. The lowest BCUT2D eigenvalue weighted by Gasteiger charge is -2.26. The average Bonchev–Trinajstić information content (AvgIpc) is 3.43. The molecule has 0 aliphatic rings. The zero-order valence-corrected chi connectivity index (χ0v) is 52.9. The van der Waals surface area contributed by atoms with Crippen molar-refractivity contribution in [1.82, 2.24) is 0 Å². The third-order valence-corrected chi connectivity index (χ3v) is 14.7. The highest BCUT2D eigenvalue weighted by Gasteiger charge is 2.22. The van der Waals surface area contributed by atoms with Crippen molar-refractivity contribution < 1.29 is 42.9 Å². The number of carbonyl (C=O) groups is 3. The van der Waals surface area contributed by atoms with E-state index < -0.39 is 24.3 Å². The second-order valence-electron chi connectivity index (χ2n) is 23.7. The van der Waals surface area contributed by atoms with Gasteiger partial charge in [0.25, 0.3) is 0 Å². The first-order valence-electron chi connectivity index (χ1n) is 33.6. The van der Waals surface area contributed by atoms with Crippen LogP contribution in [0.3, 0.4) is 0 Å². The number of ether oxygens (including phenoxy) is 4. The summed E-state index contributed by atoms with van der Waals surface area (Å²) < 4.78 is 22.8. The van der Waals surface area contributed by atoms with Crippen LogP contribution in [0.5, 0.6) is 0 Å². The molecular formula is C71H127NO8. The Labute approximate surface area is 494 Å². The molecule has 0 aliphatic heterocycles. The molecule has 0 amide bonds. The second kappa shape index (κ2) is 61.8. The van der Waals surface area contributed by atoms with Crippen molar-refractivity contribution in [2.24, 2.45) is 0 Å². The smallest absolute Gasteiger partial charge is 0.306 e. The number of unbranched alkanes of at least 4 members (excludes halogenated alkanes) is 35. The van der Waals surface area contributed by atoms with Gasteiger partial charge in [-0.15, -0.1) is 0 Å². The van der Waals surface area contributed by atoms with Gasteiger partial charge in [0, 0.05) is 12.8 Å². The van der Waals surface area contributed by atoms with Crippen LogP contribution in [0.2, 0.25) is 0 Å². The molecule has 80 heavy (non-hydrogen) atoms. The molecule has 0 bridgehead atoms. The van der Waals surface area contributed by atoms with Crippen molar-refractivity contribution in [3.63, 3.8) is 0 Å². The fourth-order valence-electron chi connectivity index (χ4n) is 9.60. The lowest BCUT2D eigenvalue weighted by Crippen LogP contribution is -2.44. The van der Waals surface area contributed by atoms with Crippen molar-refractivity contribution >= 4 is 17.9 Å². The van der Waals surface area contributed by atoms with E-state index in [1.54, 1.807) is 0 Å². The third kappa shape index (κ3) is 62.3. The maximum Gasteiger partial charge on any atom is 0.306 e. The highest BCUT2D eigenvalue weighted by atomic mass is 16.7. The Morgan fingerprint density at radius 1 is 0.388 bits per heavy atom. The Morgan fingerprint density at radius 3 is 1.06 bits per heavy atom. The molecule has 2 atom stereocenters. The molecule has 0 saturated heterocycles. The first kappa shape index (κ1) is 76.7. The van der Waals surface area contributed by atoms with E-state index in [1.165, 1.54) is 186 Å². The van der Waals surface area contributed by atoms with E-state index in [9.17, 15) is 19.5 Å². The van der Waals surface area contributed by atoms with Crippen LogP contribution in [0.4, 0.5) is 0 Å². The summed E-state index contributed by atoms with van der Waals surface area (Å²) >= 11 is 0. The predicted octanol–water partition coefficient (Wildman–Crippen LogP) is 19.2. The van der Waals surface area contributed by atoms with Gasteiger partial charge in [0.05, 0.1) is 40.3 Å². The quantitative estimate of drug-likeness (QED) is 0.0195. The molecule has 9 nitrogen and oxygen atoms in total. The molecule has 0 heterocycles. The molecule has 464 valence electrons. The van der Waals surface area contributed by atoms with Crippen LogP contribution in [-0.4, -0.2) is 82.3 Å². The van der Waals surface area contributed by atoms with Gasteiger partial charge in [-0.25, -0.2) is 0 Å². The molecule has 9 heteroatoms. The van der Waals surface area contributed by atoms with Gasteiger partial charge in [0.2, 0.25) is 0 Å². The van der Waals surface area contributed by atoms with Crippen molar-refractivity contribution in [2.75, 3.05) is 47.5 Å². The topological polar surface area (TPSA) is 111 Å². The summed E-state index contributed by atoms with van der Waals surface area (Å²) in [4.78, 5) is 37.4. The van der Waals surface area contributed by atoms with E-state index in [4.69, 9.17) is 18.9 Å². The van der Waals surface area contributed by atoms with Crippen LogP contribution in [0, 0.1) is 0 Å². The number of hydrogen-bond donors (Lipinski definition) is 0. The van der Waals surface area contributed by atoms with Gasteiger partial charge in [0.15, 0.2) is 12.4 Å². The molecule has 0 aromatic carbocycles. The number of likely N-dealkylation sites (N-methyl/N-ethyl adjacent to an activating group) is 1. The van der Waals surface area contributed by atoms with Crippen LogP contribution in [0.25, 0.3) is 0 Å². The Morgan fingerprint density at radius 2 is 0.713 bits per heavy atom. The number of nitrogens with zero attached hydrogens (tertiary/aromatic N) is 1. The normalized spacial score (nSPS) is 13.2. The number of allylic oxidation sites excluding steroid dienone is 12. The Kier molecular flexibility index (Phi) is 59.3. The summed E-state index contributed by atoms with van der Waals surface area (Å²) in [7, 11) is 5.93. The highest BCUT2D eigenvalue weighted by Crippen LogP contribution is 2.18. The standard InChI is InChI=1S/C71H127NO8/c1-6-8-10-12-14-16-18-20-22-24-26-28-30-32-34-36-37-39-41-43-45-47-49-51-53-55-57-59-61-68(73)78-65-67(66-79-71(70(75)76)77-64-63-72(3,4)5)80-69(74)62-60-58-56-54-52-50-48-46-44-42-40-38-35-33-31-29-27-25-23-21-19-17-15-13-11-9-7-2/h9,11,15,17,21,23,27,29,33,35,40,42,67,71H,6-8,10,12-14,16,18-20,22,24-26,28,30-32,34,36-39,41,43-66H2,1-5H3/b11-9-,17-15-,23-21-,29-27-,35-33-,42-40-.